The number of nitrogens with two attached hydrogens (primary N) is 1. The predicted molar refractivity (Wildman–Crippen MR) is 90.9 cm³/mol. The highest BCUT2D eigenvalue weighted by molar-refractivity contribution is 7.99. The summed E-state index contributed by atoms with van der Waals surface area (Å²) in [6.45, 7) is 0. The maximum absolute atomic E-state index is 6.40. The summed E-state index contributed by atoms with van der Waals surface area (Å²) in [5, 5.41) is 7.33. The molecule has 0 fully saturated rings. The Kier molecular flexibility index (Phi) is 4.22. The van der Waals surface area contributed by atoms with Gasteiger partial charge in [-0.2, -0.15) is 4.98 Å². The molecule has 0 spiro atoms. The molecule has 0 bridgehead atoms. The van der Waals surface area contributed by atoms with Gasteiger partial charge in [-0.25, -0.2) is 5.10 Å². The number of rotatable bonds is 4. The van der Waals surface area contributed by atoms with Gasteiger partial charge in [-0.1, -0.05) is 41.6 Å². The van der Waals surface area contributed by atoms with Crippen LogP contribution in [-0.2, 0) is 0 Å². The molecule has 5 nitrogen and oxygen atoms in total. The van der Waals surface area contributed by atoms with Crippen molar-refractivity contribution >= 4 is 40.9 Å². The highest BCUT2D eigenvalue weighted by Crippen LogP contribution is 2.36. The van der Waals surface area contributed by atoms with E-state index in [0.29, 0.717) is 11.0 Å². The van der Waals surface area contributed by atoms with Crippen LogP contribution in [0.15, 0.2) is 58.3 Å². The molecule has 1 aromatic heterocycles. The van der Waals surface area contributed by atoms with Crippen molar-refractivity contribution in [2.24, 2.45) is 0 Å². The van der Waals surface area contributed by atoms with Crippen LogP contribution in [-0.4, -0.2) is 22.2 Å². The van der Waals surface area contributed by atoms with Crippen molar-refractivity contribution in [3.8, 4) is 0 Å². The molecule has 0 unspecified atom stereocenters. The molecule has 112 valence electrons. The molecule has 0 aliphatic rings. The molecule has 0 saturated carbocycles. The monoisotopic (exact) mass is 331 g/mol. The van der Waals surface area contributed by atoms with Crippen molar-refractivity contribution in [2.45, 2.75) is 9.79 Å². The Morgan fingerprint density at radius 1 is 1.18 bits per heavy atom. The van der Waals surface area contributed by atoms with Crippen LogP contribution in [0.1, 0.15) is 0 Å². The number of aromatic nitrogens is 3. The van der Waals surface area contributed by atoms with Crippen LogP contribution in [0.4, 0.5) is 17.6 Å². The molecule has 0 atom stereocenters. The van der Waals surface area contributed by atoms with Crippen LogP contribution in [0.3, 0.4) is 0 Å². The third-order valence-electron chi connectivity index (χ3n) is 3.06. The van der Waals surface area contributed by atoms with Gasteiger partial charge in [-0.05, 0) is 30.3 Å². The number of nitrogens with one attached hydrogen (secondary N) is 1. The first-order valence-corrected chi connectivity index (χ1v) is 7.77. The normalized spacial score (nSPS) is 10.6. The molecule has 0 amide bonds. The van der Waals surface area contributed by atoms with Crippen molar-refractivity contribution < 1.29 is 0 Å². The van der Waals surface area contributed by atoms with Crippen molar-refractivity contribution in [3.05, 3.63) is 53.6 Å². The molecular formula is C15H14ClN5S. The van der Waals surface area contributed by atoms with Gasteiger partial charge in [0.15, 0.2) is 0 Å². The Morgan fingerprint density at radius 2 is 1.95 bits per heavy atom. The van der Waals surface area contributed by atoms with E-state index in [1.807, 2.05) is 48.3 Å². The molecule has 3 N–H and O–H groups in total. The molecule has 3 aromatic rings. The van der Waals surface area contributed by atoms with Gasteiger partial charge in [0, 0.05) is 22.5 Å². The largest absolute Gasteiger partial charge is 0.368 e. The van der Waals surface area contributed by atoms with Crippen LogP contribution < -0.4 is 10.6 Å². The van der Waals surface area contributed by atoms with Crippen molar-refractivity contribution in [3.63, 3.8) is 0 Å². The first-order chi connectivity index (χ1) is 10.6. The molecule has 0 aliphatic heterocycles. The third-order valence-corrected chi connectivity index (χ3v) is 4.57. The van der Waals surface area contributed by atoms with Gasteiger partial charge >= 0.3 is 0 Å². The second-order valence-corrected chi connectivity index (χ2v) is 6.13. The zero-order valence-electron chi connectivity index (χ0n) is 11.8. The number of benzene rings is 2. The number of hydrogen-bond acceptors (Lipinski definition) is 5. The van der Waals surface area contributed by atoms with Crippen LogP contribution in [0, 0.1) is 0 Å². The van der Waals surface area contributed by atoms with E-state index in [9.17, 15) is 0 Å². The summed E-state index contributed by atoms with van der Waals surface area (Å²) >= 11 is 8.02. The van der Waals surface area contributed by atoms with Gasteiger partial charge in [0.25, 0.3) is 5.95 Å². The maximum Gasteiger partial charge on any atom is 0.250 e. The SMILES string of the molecule is CN(c1ccc(Sc2ccccc2)c(Cl)c1)c1n[nH]c(N)n1. The molecule has 2 aromatic carbocycles. The Labute approximate surface area is 137 Å². The highest BCUT2D eigenvalue weighted by Gasteiger charge is 2.11. The molecule has 0 radical (unpaired) electrons. The van der Waals surface area contributed by atoms with E-state index >= 15 is 0 Å². The smallest absolute Gasteiger partial charge is 0.250 e. The molecule has 1 heterocycles. The fraction of sp³-hybridized carbons (Fsp3) is 0.0667. The van der Waals surface area contributed by atoms with E-state index in [-0.39, 0.29) is 5.95 Å². The van der Waals surface area contributed by atoms with Gasteiger partial charge in [0.05, 0.1) is 5.02 Å². The molecule has 22 heavy (non-hydrogen) atoms. The minimum atomic E-state index is 0.282. The quantitative estimate of drug-likeness (QED) is 0.757. The molecule has 3 rings (SSSR count). The van der Waals surface area contributed by atoms with Crippen LogP contribution >= 0.6 is 23.4 Å². The maximum atomic E-state index is 6.40. The van der Waals surface area contributed by atoms with Gasteiger partial charge in [-0.3, -0.25) is 0 Å². The summed E-state index contributed by atoms with van der Waals surface area (Å²) in [6, 6.07) is 16.0. The lowest BCUT2D eigenvalue weighted by molar-refractivity contribution is 1.03. The highest BCUT2D eigenvalue weighted by atomic mass is 35.5. The molecule has 7 heteroatoms. The standard InChI is InChI=1S/C15H14ClN5S/c1-21(15-18-14(17)19-20-15)10-7-8-13(12(16)9-10)22-11-5-3-2-4-6-11/h2-9H,1H3,(H3,17,18,19,20). The Balaban J connectivity index is 1.83. The van der Waals surface area contributed by atoms with E-state index in [2.05, 4.69) is 27.3 Å². The third kappa shape index (κ3) is 3.18. The summed E-state index contributed by atoms with van der Waals surface area (Å²) in [7, 11) is 1.86. The number of aromatic amines is 1. The van der Waals surface area contributed by atoms with Crippen molar-refractivity contribution in [2.75, 3.05) is 17.7 Å². The van der Waals surface area contributed by atoms with Gasteiger partial charge in [0.1, 0.15) is 0 Å². The van der Waals surface area contributed by atoms with Crippen molar-refractivity contribution in [1.82, 2.24) is 15.2 Å². The van der Waals surface area contributed by atoms with E-state index < -0.39 is 0 Å². The first-order valence-electron chi connectivity index (χ1n) is 6.57. The zero-order valence-corrected chi connectivity index (χ0v) is 13.4. The van der Waals surface area contributed by atoms with Crippen LogP contribution in [0.25, 0.3) is 0 Å². The summed E-state index contributed by atoms with van der Waals surface area (Å²) in [5.41, 5.74) is 6.44. The fourth-order valence-corrected chi connectivity index (χ4v) is 3.06. The van der Waals surface area contributed by atoms with Crippen LogP contribution in [0.2, 0.25) is 5.02 Å². The minimum Gasteiger partial charge on any atom is -0.368 e. The number of hydrogen-bond donors (Lipinski definition) is 2. The van der Waals surface area contributed by atoms with E-state index in [1.165, 1.54) is 0 Å². The Hall–Kier alpha value is -2.18. The van der Waals surface area contributed by atoms with Crippen LogP contribution in [0.5, 0.6) is 0 Å². The lowest BCUT2D eigenvalue weighted by Crippen LogP contribution is -2.11. The lowest BCUT2D eigenvalue weighted by atomic mass is 10.3. The molecule has 0 aliphatic carbocycles. The number of nitrogen functional groups attached to an aromatic ring is 1. The lowest BCUT2D eigenvalue weighted by Gasteiger charge is -2.16. The number of nitrogens with zero attached hydrogens (tertiary/aromatic N) is 3. The topological polar surface area (TPSA) is 70.8 Å². The number of H-pyrrole nitrogens is 1. The summed E-state index contributed by atoms with van der Waals surface area (Å²) in [6.07, 6.45) is 0. The minimum absolute atomic E-state index is 0.282. The molecule has 0 saturated heterocycles. The number of halogens is 1. The van der Waals surface area contributed by atoms with Gasteiger partial charge < -0.3 is 10.6 Å². The second kappa shape index (κ2) is 6.29. The average molecular weight is 332 g/mol. The fourth-order valence-electron chi connectivity index (χ4n) is 1.93. The van der Waals surface area contributed by atoms with Crippen molar-refractivity contribution in [1.29, 1.82) is 0 Å². The first kappa shape index (κ1) is 14.7. The Morgan fingerprint density at radius 3 is 2.59 bits per heavy atom. The van der Waals surface area contributed by atoms with E-state index in [1.54, 1.807) is 11.8 Å². The summed E-state index contributed by atoms with van der Waals surface area (Å²) < 4.78 is 0. The van der Waals surface area contributed by atoms with Gasteiger partial charge in [0.2, 0.25) is 5.95 Å². The predicted octanol–water partition coefficient (Wildman–Crippen LogP) is 3.96. The molecular weight excluding hydrogens is 318 g/mol. The Bertz CT molecular complexity index is 775. The van der Waals surface area contributed by atoms with E-state index in [0.717, 1.165) is 15.5 Å². The number of anilines is 3. The van der Waals surface area contributed by atoms with Gasteiger partial charge in [-0.15, -0.1) is 5.10 Å². The average Bonchev–Trinajstić information content (AvgIpc) is 2.96. The zero-order chi connectivity index (χ0) is 15.5. The van der Waals surface area contributed by atoms with E-state index in [4.69, 9.17) is 17.3 Å². The summed E-state index contributed by atoms with van der Waals surface area (Å²) in [4.78, 5) is 8.06. The second-order valence-electron chi connectivity index (χ2n) is 4.61. The summed E-state index contributed by atoms with van der Waals surface area (Å²) in [5.74, 6) is 0.779.